The van der Waals surface area contributed by atoms with E-state index in [1.54, 1.807) is 23.0 Å². The van der Waals surface area contributed by atoms with Gasteiger partial charge in [-0.1, -0.05) is 11.8 Å². The summed E-state index contributed by atoms with van der Waals surface area (Å²) in [7, 11) is 4.31. The van der Waals surface area contributed by atoms with Crippen molar-refractivity contribution in [1.29, 1.82) is 0 Å². The molecule has 0 unspecified atom stereocenters. The lowest BCUT2D eigenvalue weighted by atomic mass is 9.91. The van der Waals surface area contributed by atoms with Crippen molar-refractivity contribution in [3.8, 4) is 11.1 Å². The van der Waals surface area contributed by atoms with Crippen LogP contribution in [-0.4, -0.2) is 49.4 Å². The van der Waals surface area contributed by atoms with Crippen LogP contribution in [0.15, 0.2) is 59.1 Å². The summed E-state index contributed by atoms with van der Waals surface area (Å²) >= 11 is 1.25. The van der Waals surface area contributed by atoms with Crippen LogP contribution in [0.4, 0.5) is 10.1 Å². The van der Waals surface area contributed by atoms with Gasteiger partial charge in [-0.05, 0) is 58.0 Å². The Morgan fingerprint density at radius 1 is 1.09 bits per heavy atom. The first-order valence-corrected chi connectivity index (χ1v) is 11.6. The molecular weight excluding hydrogens is 425 g/mol. The highest BCUT2D eigenvalue weighted by molar-refractivity contribution is 7.99. The van der Waals surface area contributed by atoms with Gasteiger partial charge in [0.15, 0.2) is 5.82 Å². The quantitative estimate of drug-likeness (QED) is 0.481. The van der Waals surface area contributed by atoms with Crippen molar-refractivity contribution < 1.29 is 4.39 Å². The molecule has 4 aromatic rings. The number of halogens is 1. The van der Waals surface area contributed by atoms with E-state index in [0.29, 0.717) is 22.8 Å². The minimum absolute atomic E-state index is 0.306. The fourth-order valence-electron chi connectivity index (χ4n) is 4.42. The predicted molar refractivity (Wildman–Crippen MR) is 124 cm³/mol. The second kappa shape index (κ2) is 8.55. The number of fused-ring (bicyclic) bond motifs is 1. The van der Waals surface area contributed by atoms with Crippen molar-refractivity contribution >= 4 is 23.0 Å². The van der Waals surface area contributed by atoms with Crippen LogP contribution in [0.2, 0.25) is 0 Å². The van der Waals surface area contributed by atoms with Crippen molar-refractivity contribution in [3.05, 3.63) is 55.0 Å². The SMILES string of the molecule is CN(C)[C@H]1CC[C@@H](n2cc(-c3cc(Sc4ncccc4F)c4c(N)cnn4c3)cn2)CC1. The number of nitrogens with two attached hydrogens (primary N) is 1. The van der Waals surface area contributed by atoms with Gasteiger partial charge in [0.2, 0.25) is 0 Å². The summed E-state index contributed by atoms with van der Waals surface area (Å²) in [4.78, 5) is 7.30. The van der Waals surface area contributed by atoms with E-state index in [9.17, 15) is 4.39 Å². The third kappa shape index (κ3) is 3.98. The molecule has 1 saturated carbocycles. The molecule has 0 radical (unpaired) electrons. The molecule has 5 rings (SSSR count). The van der Waals surface area contributed by atoms with Crippen LogP contribution in [0, 0.1) is 5.82 Å². The lowest BCUT2D eigenvalue weighted by Crippen LogP contribution is -2.32. The summed E-state index contributed by atoms with van der Waals surface area (Å²) in [6, 6.07) is 6.07. The lowest BCUT2D eigenvalue weighted by molar-refractivity contribution is 0.189. The van der Waals surface area contributed by atoms with Crippen LogP contribution in [0.25, 0.3) is 16.6 Å². The Hall–Kier alpha value is -2.91. The molecule has 1 fully saturated rings. The van der Waals surface area contributed by atoms with Gasteiger partial charge in [0.25, 0.3) is 0 Å². The summed E-state index contributed by atoms with van der Waals surface area (Å²) in [5.41, 5.74) is 9.40. The highest BCUT2D eigenvalue weighted by Crippen LogP contribution is 2.37. The van der Waals surface area contributed by atoms with Crippen molar-refractivity contribution in [2.45, 2.75) is 47.7 Å². The fourth-order valence-corrected chi connectivity index (χ4v) is 5.40. The van der Waals surface area contributed by atoms with Crippen LogP contribution in [0.3, 0.4) is 0 Å². The zero-order valence-electron chi connectivity index (χ0n) is 18.1. The molecule has 0 atom stereocenters. The maximum atomic E-state index is 14.3. The number of hydrogen-bond donors (Lipinski definition) is 1. The molecule has 4 heterocycles. The number of nitrogens with zero attached hydrogens (tertiary/aromatic N) is 6. The number of nitrogen functional groups attached to an aromatic ring is 1. The molecule has 166 valence electrons. The Kier molecular flexibility index (Phi) is 5.60. The molecule has 0 bridgehead atoms. The van der Waals surface area contributed by atoms with Gasteiger partial charge in [0.05, 0.1) is 24.1 Å². The van der Waals surface area contributed by atoms with Gasteiger partial charge in [-0.25, -0.2) is 13.9 Å². The maximum absolute atomic E-state index is 14.3. The first-order chi connectivity index (χ1) is 15.5. The van der Waals surface area contributed by atoms with Crippen molar-refractivity contribution in [2.24, 2.45) is 0 Å². The lowest BCUT2D eigenvalue weighted by Gasteiger charge is -2.32. The topological polar surface area (TPSA) is 77.3 Å². The summed E-state index contributed by atoms with van der Waals surface area (Å²) in [5, 5.41) is 9.36. The average molecular weight is 452 g/mol. The van der Waals surface area contributed by atoms with E-state index >= 15 is 0 Å². The number of anilines is 1. The zero-order chi connectivity index (χ0) is 22.2. The van der Waals surface area contributed by atoms with Gasteiger partial charge < -0.3 is 10.6 Å². The van der Waals surface area contributed by atoms with Crippen molar-refractivity contribution in [2.75, 3.05) is 19.8 Å². The molecule has 2 N–H and O–H groups in total. The highest BCUT2D eigenvalue weighted by Gasteiger charge is 2.24. The third-order valence-electron chi connectivity index (χ3n) is 6.24. The summed E-state index contributed by atoms with van der Waals surface area (Å²) in [6.45, 7) is 0. The van der Waals surface area contributed by atoms with Crippen LogP contribution < -0.4 is 5.73 Å². The Labute approximate surface area is 190 Å². The zero-order valence-corrected chi connectivity index (χ0v) is 19.0. The molecule has 0 amide bonds. The molecule has 32 heavy (non-hydrogen) atoms. The van der Waals surface area contributed by atoms with Gasteiger partial charge in [-0.15, -0.1) is 0 Å². The van der Waals surface area contributed by atoms with Gasteiger partial charge in [0, 0.05) is 40.7 Å². The first kappa shape index (κ1) is 21.0. The van der Waals surface area contributed by atoms with E-state index in [2.05, 4.69) is 45.1 Å². The molecule has 4 aromatic heterocycles. The van der Waals surface area contributed by atoms with Gasteiger partial charge >= 0.3 is 0 Å². The Bertz CT molecular complexity index is 1240. The number of rotatable bonds is 5. The molecule has 1 aliphatic rings. The number of hydrogen-bond acceptors (Lipinski definition) is 6. The summed E-state index contributed by atoms with van der Waals surface area (Å²) in [5.74, 6) is -0.361. The van der Waals surface area contributed by atoms with Crippen LogP contribution in [0.1, 0.15) is 31.7 Å². The highest BCUT2D eigenvalue weighted by atomic mass is 32.2. The largest absolute Gasteiger partial charge is 0.396 e. The molecule has 1 aliphatic carbocycles. The fraction of sp³-hybridized carbons (Fsp3) is 0.348. The average Bonchev–Trinajstić information content (AvgIpc) is 3.43. The van der Waals surface area contributed by atoms with Crippen molar-refractivity contribution in [1.82, 2.24) is 29.3 Å². The minimum Gasteiger partial charge on any atom is -0.396 e. The molecule has 7 nitrogen and oxygen atoms in total. The summed E-state index contributed by atoms with van der Waals surface area (Å²) < 4.78 is 18.1. The molecular formula is C23H26FN7S. The van der Waals surface area contributed by atoms with E-state index in [1.807, 2.05) is 18.5 Å². The molecule has 0 saturated heterocycles. The molecule has 9 heteroatoms. The minimum atomic E-state index is -0.361. The molecule has 0 aromatic carbocycles. The monoisotopic (exact) mass is 451 g/mol. The normalized spacial score (nSPS) is 19.1. The number of aromatic nitrogens is 5. The second-order valence-electron chi connectivity index (χ2n) is 8.51. The van der Waals surface area contributed by atoms with E-state index in [0.717, 1.165) is 34.4 Å². The summed E-state index contributed by atoms with van der Waals surface area (Å²) in [6.07, 6.45) is 13.7. The Morgan fingerprint density at radius 2 is 1.91 bits per heavy atom. The van der Waals surface area contributed by atoms with Crippen LogP contribution in [-0.2, 0) is 0 Å². The van der Waals surface area contributed by atoms with Crippen LogP contribution in [0.5, 0.6) is 0 Å². The van der Waals surface area contributed by atoms with Gasteiger partial charge in [0.1, 0.15) is 10.5 Å². The van der Waals surface area contributed by atoms with E-state index in [4.69, 9.17) is 5.73 Å². The van der Waals surface area contributed by atoms with Crippen LogP contribution >= 0.6 is 11.8 Å². The van der Waals surface area contributed by atoms with E-state index in [1.165, 1.54) is 30.7 Å². The smallest absolute Gasteiger partial charge is 0.155 e. The van der Waals surface area contributed by atoms with E-state index < -0.39 is 0 Å². The second-order valence-corrected chi connectivity index (χ2v) is 9.54. The molecule has 0 aliphatic heterocycles. The number of pyridine rings is 2. The Balaban J connectivity index is 1.46. The third-order valence-corrected chi connectivity index (χ3v) is 7.27. The standard InChI is InChI=1S/C23H26FN7S/c1-29(2)17-5-7-18(8-6-17)30-14-16(11-27-30)15-10-21(22-20(25)12-28-31(22)13-15)32-23-19(24)4-3-9-26-23/h3-4,9-14,17-18H,5-8,25H2,1-2H3/t17-,18+. The van der Waals surface area contributed by atoms with Gasteiger partial charge in [-0.2, -0.15) is 10.2 Å². The maximum Gasteiger partial charge on any atom is 0.155 e. The Morgan fingerprint density at radius 3 is 2.66 bits per heavy atom. The van der Waals surface area contributed by atoms with E-state index in [-0.39, 0.29) is 5.82 Å². The van der Waals surface area contributed by atoms with Gasteiger partial charge in [-0.3, -0.25) is 4.68 Å². The molecule has 0 spiro atoms. The first-order valence-electron chi connectivity index (χ1n) is 10.8. The van der Waals surface area contributed by atoms with Crippen molar-refractivity contribution in [3.63, 3.8) is 0 Å². The predicted octanol–water partition coefficient (Wildman–Crippen LogP) is 4.51.